The van der Waals surface area contributed by atoms with Crippen LogP contribution in [0.5, 0.6) is 0 Å². The SMILES string of the molecule is C[C@@H]1C[C@H]1C(=O)N1C[C@@H]2[C@H](CNC(=O)c3cnccn3)CO[C@@H]2C1. The number of ether oxygens (including phenoxy) is 1. The number of rotatable bonds is 4. The molecule has 0 spiro atoms. The molecule has 0 unspecified atom stereocenters. The normalized spacial score (nSPS) is 34.0. The Kier molecular flexibility index (Phi) is 3.96. The van der Waals surface area contributed by atoms with Gasteiger partial charge >= 0.3 is 0 Å². The fourth-order valence-corrected chi connectivity index (χ4v) is 3.82. The third-order valence-corrected chi connectivity index (χ3v) is 5.50. The number of carbonyl (C=O) groups excluding carboxylic acids is 2. The van der Waals surface area contributed by atoms with Gasteiger partial charge in [0.05, 0.1) is 18.9 Å². The average molecular weight is 330 g/mol. The summed E-state index contributed by atoms with van der Waals surface area (Å²) in [6.45, 7) is 4.75. The molecule has 128 valence electrons. The Morgan fingerprint density at radius 1 is 1.38 bits per heavy atom. The van der Waals surface area contributed by atoms with E-state index in [1.54, 1.807) is 0 Å². The van der Waals surface area contributed by atoms with E-state index in [2.05, 4.69) is 22.2 Å². The number of hydrogen-bond acceptors (Lipinski definition) is 5. The van der Waals surface area contributed by atoms with Gasteiger partial charge in [0.1, 0.15) is 5.69 Å². The lowest BCUT2D eigenvalue weighted by molar-refractivity contribution is -0.132. The molecule has 1 aromatic heterocycles. The molecule has 24 heavy (non-hydrogen) atoms. The molecular formula is C17H22N4O3. The van der Waals surface area contributed by atoms with Crippen LogP contribution in [0.25, 0.3) is 0 Å². The molecule has 5 atom stereocenters. The van der Waals surface area contributed by atoms with E-state index < -0.39 is 0 Å². The minimum absolute atomic E-state index is 0.112. The minimum Gasteiger partial charge on any atom is -0.376 e. The molecule has 3 aliphatic rings. The van der Waals surface area contributed by atoms with Crippen molar-refractivity contribution in [2.75, 3.05) is 26.2 Å². The van der Waals surface area contributed by atoms with Gasteiger partial charge in [-0.25, -0.2) is 4.98 Å². The first-order valence-corrected chi connectivity index (χ1v) is 8.58. The zero-order chi connectivity index (χ0) is 16.7. The van der Waals surface area contributed by atoms with Crippen LogP contribution in [0.3, 0.4) is 0 Å². The van der Waals surface area contributed by atoms with Gasteiger partial charge in [0.25, 0.3) is 5.91 Å². The van der Waals surface area contributed by atoms with Crippen molar-refractivity contribution in [2.24, 2.45) is 23.7 Å². The van der Waals surface area contributed by atoms with Crippen LogP contribution in [0.2, 0.25) is 0 Å². The first kappa shape index (κ1) is 15.5. The quantitative estimate of drug-likeness (QED) is 0.860. The Labute approximate surface area is 140 Å². The summed E-state index contributed by atoms with van der Waals surface area (Å²) in [4.78, 5) is 34.3. The Morgan fingerprint density at radius 3 is 2.92 bits per heavy atom. The molecular weight excluding hydrogens is 308 g/mol. The number of likely N-dealkylation sites (tertiary alicyclic amines) is 1. The first-order chi connectivity index (χ1) is 11.6. The topological polar surface area (TPSA) is 84.4 Å². The van der Waals surface area contributed by atoms with Crippen molar-refractivity contribution in [3.05, 3.63) is 24.3 Å². The predicted octanol–water partition coefficient (Wildman–Crippen LogP) is 0.336. The number of carbonyl (C=O) groups is 2. The Morgan fingerprint density at radius 2 is 2.21 bits per heavy atom. The number of hydrogen-bond donors (Lipinski definition) is 1. The highest BCUT2D eigenvalue weighted by atomic mass is 16.5. The first-order valence-electron chi connectivity index (χ1n) is 8.58. The number of nitrogens with zero attached hydrogens (tertiary/aromatic N) is 3. The second-order valence-electron chi connectivity index (χ2n) is 7.16. The van der Waals surface area contributed by atoms with E-state index in [0.29, 0.717) is 37.2 Å². The van der Waals surface area contributed by atoms with Crippen molar-refractivity contribution in [1.82, 2.24) is 20.2 Å². The van der Waals surface area contributed by atoms with Crippen LogP contribution in [0.4, 0.5) is 0 Å². The van der Waals surface area contributed by atoms with Crippen LogP contribution >= 0.6 is 0 Å². The molecule has 0 radical (unpaired) electrons. The zero-order valence-electron chi connectivity index (χ0n) is 13.7. The molecule has 7 nitrogen and oxygen atoms in total. The van der Waals surface area contributed by atoms with Gasteiger partial charge in [0.2, 0.25) is 5.91 Å². The molecule has 0 bridgehead atoms. The lowest BCUT2D eigenvalue weighted by Crippen LogP contribution is -2.36. The van der Waals surface area contributed by atoms with E-state index in [1.807, 2.05) is 4.90 Å². The van der Waals surface area contributed by atoms with Gasteiger partial charge in [-0.2, -0.15) is 0 Å². The van der Waals surface area contributed by atoms with Gasteiger partial charge in [0, 0.05) is 49.8 Å². The van der Waals surface area contributed by atoms with Crippen LogP contribution in [0, 0.1) is 23.7 Å². The molecule has 3 heterocycles. The highest BCUT2D eigenvalue weighted by Crippen LogP contribution is 2.41. The summed E-state index contributed by atoms with van der Waals surface area (Å²) < 4.78 is 5.86. The second-order valence-corrected chi connectivity index (χ2v) is 7.16. The Hall–Kier alpha value is -2.02. The van der Waals surface area contributed by atoms with Crippen molar-refractivity contribution >= 4 is 11.8 Å². The fraction of sp³-hybridized carbons (Fsp3) is 0.647. The van der Waals surface area contributed by atoms with Gasteiger partial charge in [-0.1, -0.05) is 6.92 Å². The van der Waals surface area contributed by atoms with E-state index in [0.717, 1.165) is 13.0 Å². The van der Waals surface area contributed by atoms with E-state index in [9.17, 15) is 9.59 Å². The smallest absolute Gasteiger partial charge is 0.271 e. The standard InChI is InChI=1S/C17H22N4O3/c1-10-4-12(10)17(23)21-7-13-11(9-24-15(13)8-21)5-20-16(22)14-6-18-2-3-19-14/h2-3,6,10-13,15H,4-5,7-9H2,1H3,(H,20,22)/t10-,11-,12-,13-,15-/m1/s1. The van der Waals surface area contributed by atoms with E-state index in [-0.39, 0.29) is 29.8 Å². The number of nitrogens with one attached hydrogen (secondary N) is 1. The van der Waals surface area contributed by atoms with Crippen molar-refractivity contribution in [3.8, 4) is 0 Å². The number of amides is 2. The van der Waals surface area contributed by atoms with E-state index >= 15 is 0 Å². The third-order valence-electron chi connectivity index (χ3n) is 5.50. The van der Waals surface area contributed by atoms with E-state index in [4.69, 9.17) is 4.74 Å². The lowest BCUT2D eigenvalue weighted by Gasteiger charge is -2.20. The maximum absolute atomic E-state index is 12.4. The van der Waals surface area contributed by atoms with Crippen molar-refractivity contribution in [2.45, 2.75) is 19.4 Å². The van der Waals surface area contributed by atoms with Gasteiger partial charge < -0.3 is 15.0 Å². The molecule has 2 amide bonds. The molecule has 1 N–H and O–H groups in total. The van der Waals surface area contributed by atoms with Gasteiger partial charge in [-0.3, -0.25) is 14.6 Å². The highest BCUT2D eigenvalue weighted by molar-refractivity contribution is 5.91. The van der Waals surface area contributed by atoms with E-state index in [1.165, 1.54) is 18.6 Å². The summed E-state index contributed by atoms with van der Waals surface area (Å²) in [6, 6.07) is 0. The van der Waals surface area contributed by atoms with Crippen LogP contribution < -0.4 is 5.32 Å². The number of aromatic nitrogens is 2. The third kappa shape index (κ3) is 2.88. The summed E-state index contributed by atoms with van der Waals surface area (Å²) in [5.41, 5.74) is 0.318. The maximum atomic E-state index is 12.4. The van der Waals surface area contributed by atoms with Crippen LogP contribution in [-0.2, 0) is 9.53 Å². The van der Waals surface area contributed by atoms with Gasteiger partial charge in [-0.15, -0.1) is 0 Å². The Balaban J connectivity index is 1.31. The summed E-state index contributed by atoms with van der Waals surface area (Å²) in [5.74, 6) is 1.36. The van der Waals surface area contributed by atoms with Gasteiger partial charge in [0.15, 0.2) is 0 Å². The molecule has 1 saturated carbocycles. The number of fused-ring (bicyclic) bond motifs is 1. The Bertz CT molecular complexity index is 638. The molecule has 1 aromatic rings. The molecule has 1 aliphatic carbocycles. The largest absolute Gasteiger partial charge is 0.376 e. The predicted molar refractivity (Wildman–Crippen MR) is 84.9 cm³/mol. The molecule has 2 aliphatic heterocycles. The lowest BCUT2D eigenvalue weighted by atomic mass is 9.93. The van der Waals surface area contributed by atoms with Crippen LogP contribution in [0.1, 0.15) is 23.8 Å². The molecule has 2 saturated heterocycles. The molecule has 4 rings (SSSR count). The van der Waals surface area contributed by atoms with Crippen molar-refractivity contribution < 1.29 is 14.3 Å². The van der Waals surface area contributed by atoms with Gasteiger partial charge in [-0.05, 0) is 12.3 Å². The van der Waals surface area contributed by atoms with Crippen molar-refractivity contribution in [3.63, 3.8) is 0 Å². The van der Waals surface area contributed by atoms with Crippen molar-refractivity contribution in [1.29, 1.82) is 0 Å². The van der Waals surface area contributed by atoms with Crippen LogP contribution in [0.15, 0.2) is 18.6 Å². The summed E-state index contributed by atoms with van der Waals surface area (Å²) in [5, 5.41) is 2.91. The second kappa shape index (κ2) is 6.12. The molecule has 3 fully saturated rings. The summed E-state index contributed by atoms with van der Waals surface area (Å²) in [6.07, 6.45) is 5.63. The average Bonchev–Trinajstić information content (AvgIpc) is 3.02. The monoisotopic (exact) mass is 330 g/mol. The minimum atomic E-state index is -0.218. The fourth-order valence-electron chi connectivity index (χ4n) is 3.82. The molecule has 0 aromatic carbocycles. The summed E-state index contributed by atoms with van der Waals surface area (Å²) >= 11 is 0. The highest BCUT2D eigenvalue weighted by Gasteiger charge is 2.49. The maximum Gasteiger partial charge on any atom is 0.271 e. The molecule has 7 heteroatoms. The van der Waals surface area contributed by atoms with Crippen LogP contribution in [-0.4, -0.2) is 59.0 Å². The zero-order valence-corrected chi connectivity index (χ0v) is 13.7. The summed E-state index contributed by atoms with van der Waals surface area (Å²) in [7, 11) is 0.